The number of pyridine rings is 1. The molecule has 1 amide bonds. The molecule has 1 heterocycles. The van der Waals surface area contributed by atoms with Crippen molar-refractivity contribution in [1.82, 2.24) is 4.98 Å². The summed E-state index contributed by atoms with van der Waals surface area (Å²) in [7, 11) is 0. The lowest BCUT2D eigenvalue weighted by Gasteiger charge is -2.08. The zero-order valence-electron chi connectivity index (χ0n) is 11.3. The zero-order valence-corrected chi connectivity index (χ0v) is 11.3. The van der Waals surface area contributed by atoms with E-state index in [1.165, 1.54) is 11.6 Å². The summed E-state index contributed by atoms with van der Waals surface area (Å²) in [6, 6.07) is 9.84. The Labute approximate surface area is 116 Å². The molecular weight excluding hydrogens is 256 g/mol. The van der Waals surface area contributed by atoms with Crippen molar-refractivity contribution in [2.75, 3.05) is 5.32 Å². The molecule has 20 heavy (non-hydrogen) atoms. The van der Waals surface area contributed by atoms with Crippen LogP contribution in [0.15, 0.2) is 41.2 Å². The molecule has 0 aliphatic rings. The lowest BCUT2D eigenvalue weighted by atomic mass is 10.0. The zero-order chi connectivity index (χ0) is 14.7. The van der Waals surface area contributed by atoms with E-state index in [0.29, 0.717) is 11.6 Å². The van der Waals surface area contributed by atoms with E-state index >= 15 is 0 Å². The van der Waals surface area contributed by atoms with E-state index in [1.54, 1.807) is 12.1 Å². The Bertz CT molecular complexity index is 672. The molecule has 0 saturated heterocycles. The van der Waals surface area contributed by atoms with E-state index in [9.17, 15) is 14.7 Å². The molecule has 2 aromatic rings. The number of hydrogen-bond acceptors (Lipinski definition) is 3. The second-order valence-electron chi connectivity index (χ2n) is 4.85. The molecular formula is C15H16N2O3. The molecule has 5 heteroatoms. The van der Waals surface area contributed by atoms with Crippen molar-refractivity contribution < 1.29 is 9.90 Å². The number of hydrogen-bond donors (Lipinski definition) is 3. The van der Waals surface area contributed by atoms with Gasteiger partial charge in [-0.2, -0.15) is 0 Å². The number of H-pyrrole nitrogens is 1. The number of carbonyl (C=O) groups excluding carboxylic acids is 1. The summed E-state index contributed by atoms with van der Waals surface area (Å²) >= 11 is 0. The average molecular weight is 272 g/mol. The summed E-state index contributed by atoms with van der Waals surface area (Å²) in [5, 5.41) is 11.9. The smallest absolute Gasteiger partial charge is 0.256 e. The summed E-state index contributed by atoms with van der Waals surface area (Å²) in [5.74, 6) is -0.356. The highest BCUT2D eigenvalue weighted by atomic mass is 16.3. The number of nitrogens with one attached hydrogen (secondary N) is 2. The molecule has 0 radical (unpaired) electrons. The molecule has 1 aromatic carbocycles. The molecule has 2 rings (SSSR count). The number of benzene rings is 1. The van der Waals surface area contributed by atoms with Gasteiger partial charge in [0.1, 0.15) is 0 Å². The van der Waals surface area contributed by atoms with Gasteiger partial charge >= 0.3 is 0 Å². The lowest BCUT2D eigenvalue weighted by molar-refractivity contribution is 0.102. The first kappa shape index (κ1) is 13.9. The van der Waals surface area contributed by atoms with Crippen LogP contribution < -0.4 is 10.9 Å². The van der Waals surface area contributed by atoms with Crippen LogP contribution in [0.5, 0.6) is 5.88 Å². The van der Waals surface area contributed by atoms with E-state index in [1.807, 2.05) is 12.1 Å². The fraction of sp³-hybridized carbons (Fsp3) is 0.200. The Hall–Kier alpha value is -2.56. The van der Waals surface area contributed by atoms with Gasteiger partial charge in [0.05, 0.1) is 5.56 Å². The minimum absolute atomic E-state index is 0.110. The minimum Gasteiger partial charge on any atom is -0.494 e. The first-order valence-electron chi connectivity index (χ1n) is 6.30. The highest BCUT2D eigenvalue weighted by molar-refractivity contribution is 6.04. The van der Waals surface area contributed by atoms with Gasteiger partial charge in [0.25, 0.3) is 11.5 Å². The molecule has 0 fully saturated rings. The second kappa shape index (κ2) is 5.61. The van der Waals surface area contributed by atoms with E-state index in [-0.39, 0.29) is 11.4 Å². The fourth-order valence-corrected chi connectivity index (χ4v) is 1.81. The van der Waals surface area contributed by atoms with Crippen LogP contribution in [0.4, 0.5) is 5.69 Å². The molecule has 3 N–H and O–H groups in total. The SMILES string of the molecule is CC(C)c1ccc(NC(=O)c2cc(O)[nH]c(=O)c2)cc1. The van der Waals surface area contributed by atoms with Gasteiger partial charge in [0.2, 0.25) is 0 Å². The summed E-state index contributed by atoms with van der Waals surface area (Å²) in [5.41, 5.74) is 1.40. The Kier molecular flexibility index (Phi) is 3.89. The van der Waals surface area contributed by atoms with Gasteiger partial charge in [-0.15, -0.1) is 0 Å². The Balaban J connectivity index is 2.17. The van der Waals surface area contributed by atoms with Crippen molar-refractivity contribution in [1.29, 1.82) is 0 Å². The van der Waals surface area contributed by atoms with Crippen LogP contribution >= 0.6 is 0 Å². The van der Waals surface area contributed by atoms with Crippen LogP contribution in [0, 0.1) is 0 Å². The molecule has 104 valence electrons. The van der Waals surface area contributed by atoms with Gasteiger partial charge in [-0.05, 0) is 23.6 Å². The van der Waals surface area contributed by atoms with E-state index in [4.69, 9.17) is 0 Å². The third kappa shape index (κ3) is 3.26. The first-order valence-corrected chi connectivity index (χ1v) is 6.30. The number of aromatic hydroxyl groups is 1. The number of amides is 1. The largest absolute Gasteiger partial charge is 0.494 e. The predicted molar refractivity (Wildman–Crippen MR) is 77.2 cm³/mol. The maximum Gasteiger partial charge on any atom is 0.256 e. The van der Waals surface area contributed by atoms with Gasteiger partial charge < -0.3 is 10.4 Å². The quantitative estimate of drug-likeness (QED) is 0.802. The van der Waals surface area contributed by atoms with Crippen molar-refractivity contribution in [2.45, 2.75) is 19.8 Å². The molecule has 1 aromatic heterocycles. The molecule has 0 aliphatic carbocycles. The number of rotatable bonds is 3. The monoisotopic (exact) mass is 272 g/mol. The molecule has 0 unspecified atom stereocenters. The number of carbonyl (C=O) groups is 1. The highest BCUT2D eigenvalue weighted by Gasteiger charge is 2.09. The summed E-state index contributed by atoms with van der Waals surface area (Å²) in [4.78, 5) is 25.3. The minimum atomic E-state index is -0.523. The Morgan fingerprint density at radius 1 is 1.20 bits per heavy atom. The van der Waals surface area contributed by atoms with Crippen LogP contribution in [-0.2, 0) is 0 Å². The van der Waals surface area contributed by atoms with Gasteiger partial charge in [0, 0.05) is 17.8 Å². The number of anilines is 1. The molecule has 0 aliphatic heterocycles. The van der Waals surface area contributed by atoms with Crippen molar-refractivity contribution in [3.8, 4) is 5.88 Å². The number of aromatic amines is 1. The van der Waals surface area contributed by atoms with Crippen molar-refractivity contribution in [3.05, 3.63) is 57.9 Å². The normalized spacial score (nSPS) is 10.6. The number of aromatic nitrogens is 1. The van der Waals surface area contributed by atoms with Gasteiger partial charge in [-0.25, -0.2) is 0 Å². The summed E-state index contributed by atoms with van der Waals surface area (Å²) in [6.45, 7) is 4.18. The summed E-state index contributed by atoms with van der Waals surface area (Å²) < 4.78 is 0. The molecule has 0 bridgehead atoms. The Morgan fingerprint density at radius 3 is 2.40 bits per heavy atom. The third-order valence-corrected chi connectivity index (χ3v) is 2.93. The molecule has 5 nitrogen and oxygen atoms in total. The van der Waals surface area contributed by atoms with Crippen LogP contribution in [0.3, 0.4) is 0 Å². The van der Waals surface area contributed by atoms with Crippen molar-refractivity contribution >= 4 is 11.6 Å². The van der Waals surface area contributed by atoms with Crippen molar-refractivity contribution in [2.24, 2.45) is 0 Å². The van der Waals surface area contributed by atoms with Crippen LogP contribution in [0.25, 0.3) is 0 Å². The molecule has 0 atom stereocenters. The van der Waals surface area contributed by atoms with E-state index in [0.717, 1.165) is 6.07 Å². The van der Waals surface area contributed by atoms with Gasteiger partial charge in [0.15, 0.2) is 5.88 Å². The van der Waals surface area contributed by atoms with Crippen LogP contribution in [-0.4, -0.2) is 16.0 Å². The van der Waals surface area contributed by atoms with Crippen molar-refractivity contribution in [3.63, 3.8) is 0 Å². The second-order valence-corrected chi connectivity index (χ2v) is 4.85. The summed E-state index contributed by atoms with van der Waals surface area (Å²) in [6.07, 6.45) is 0. The topological polar surface area (TPSA) is 82.2 Å². The van der Waals surface area contributed by atoms with Crippen LogP contribution in [0.1, 0.15) is 35.7 Å². The maximum absolute atomic E-state index is 12.0. The average Bonchev–Trinajstić information content (AvgIpc) is 2.38. The fourth-order valence-electron chi connectivity index (χ4n) is 1.81. The van der Waals surface area contributed by atoms with Crippen LogP contribution in [0.2, 0.25) is 0 Å². The van der Waals surface area contributed by atoms with Gasteiger partial charge in [-0.1, -0.05) is 26.0 Å². The lowest BCUT2D eigenvalue weighted by Crippen LogP contribution is -2.15. The standard InChI is InChI=1S/C15H16N2O3/c1-9(2)10-3-5-12(6-4-10)16-15(20)11-7-13(18)17-14(19)8-11/h3-9H,1-2H3,(H,16,20)(H2,17,18,19). The Morgan fingerprint density at radius 2 is 1.85 bits per heavy atom. The third-order valence-electron chi connectivity index (χ3n) is 2.93. The highest BCUT2D eigenvalue weighted by Crippen LogP contribution is 2.17. The van der Waals surface area contributed by atoms with E-state index in [2.05, 4.69) is 24.1 Å². The molecule has 0 saturated carbocycles. The van der Waals surface area contributed by atoms with E-state index < -0.39 is 11.5 Å². The molecule has 0 spiro atoms. The first-order chi connectivity index (χ1) is 9.45. The van der Waals surface area contributed by atoms with Gasteiger partial charge in [-0.3, -0.25) is 14.6 Å². The maximum atomic E-state index is 12.0. The predicted octanol–water partition coefficient (Wildman–Crippen LogP) is 2.46.